The molecule has 1 fully saturated rings. The summed E-state index contributed by atoms with van der Waals surface area (Å²) < 4.78 is 11.3. The Kier molecular flexibility index (Phi) is 8.61. The molecule has 1 unspecified atom stereocenters. The summed E-state index contributed by atoms with van der Waals surface area (Å²) >= 11 is 1.97. The highest BCUT2D eigenvalue weighted by Gasteiger charge is 2.16. The van der Waals surface area contributed by atoms with E-state index in [0.717, 1.165) is 43.2 Å². The van der Waals surface area contributed by atoms with E-state index in [-0.39, 0.29) is 6.61 Å². The molecule has 1 aliphatic rings. The number of aliphatic hydroxyl groups excluding tert-OH is 1. The van der Waals surface area contributed by atoms with Crippen molar-refractivity contribution >= 4 is 11.8 Å². The minimum atomic E-state index is -0.494. The van der Waals surface area contributed by atoms with E-state index in [1.165, 1.54) is 0 Å². The van der Waals surface area contributed by atoms with Crippen LogP contribution in [0.15, 0.2) is 30.9 Å². The zero-order chi connectivity index (χ0) is 18.1. The van der Waals surface area contributed by atoms with E-state index < -0.39 is 6.10 Å². The van der Waals surface area contributed by atoms with E-state index >= 15 is 0 Å². The van der Waals surface area contributed by atoms with Crippen molar-refractivity contribution in [2.75, 3.05) is 58.4 Å². The number of thioether (sulfide) groups is 1. The van der Waals surface area contributed by atoms with Crippen LogP contribution in [0.2, 0.25) is 0 Å². The molecule has 0 aliphatic carbocycles. The fourth-order valence-electron chi connectivity index (χ4n) is 2.85. The molecule has 1 N–H and O–H groups in total. The van der Waals surface area contributed by atoms with Crippen molar-refractivity contribution in [2.45, 2.75) is 12.6 Å². The average molecular weight is 367 g/mol. The molecule has 0 aromatic heterocycles. The predicted molar refractivity (Wildman–Crippen MR) is 105 cm³/mol. The molecule has 1 atom stereocenters. The Morgan fingerprint density at radius 2 is 2.12 bits per heavy atom. The molecule has 0 spiro atoms. The topological polar surface area (TPSA) is 45.2 Å². The minimum absolute atomic E-state index is 0.274. The van der Waals surface area contributed by atoms with E-state index in [1.807, 2.05) is 43.1 Å². The van der Waals surface area contributed by atoms with Gasteiger partial charge in [-0.05, 0) is 24.7 Å². The molecular formula is C19H30N2O3S. The van der Waals surface area contributed by atoms with Gasteiger partial charge in [-0.25, -0.2) is 0 Å². The van der Waals surface area contributed by atoms with Crippen LogP contribution in [-0.4, -0.2) is 79.5 Å². The van der Waals surface area contributed by atoms with Crippen LogP contribution >= 0.6 is 11.8 Å². The van der Waals surface area contributed by atoms with Crippen molar-refractivity contribution in [1.29, 1.82) is 0 Å². The van der Waals surface area contributed by atoms with E-state index in [0.29, 0.717) is 18.0 Å². The second kappa shape index (κ2) is 10.7. The zero-order valence-corrected chi connectivity index (χ0v) is 16.1. The molecule has 1 aromatic carbocycles. The monoisotopic (exact) mass is 366 g/mol. The number of aliphatic hydroxyl groups is 1. The molecule has 0 amide bonds. The Hall–Kier alpha value is -1.21. The third kappa shape index (κ3) is 6.90. The number of nitrogens with zero attached hydrogens (tertiary/aromatic N) is 2. The van der Waals surface area contributed by atoms with Crippen molar-refractivity contribution in [3.8, 4) is 11.5 Å². The zero-order valence-electron chi connectivity index (χ0n) is 15.3. The van der Waals surface area contributed by atoms with Crippen LogP contribution in [0.5, 0.6) is 11.5 Å². The standard InChI is InChI=1S/C19H30N2O3S/c1-4-7-20(2)13-16-5-6-18(19(12-16)23-3)24-15-17(22)14-21-8-10-25-11-9-21/h4-6,12,17,22H,1,7-11,13-15H2,2-3H3. The second-order valence-electron chi connectivity index (χ2n) is 6.35. The summed E-state index contributed by atoms with van der Waals surface area (Å²) in [6.07, 6.45) is 1.39. The molecule has 1 heterocycles. The van der Waals surface area contributed by atoms with Crippen molar-refractivity contribution in [3.63, 3.8) is 0 Å². The van der Waals surface area contributed by atoms with Crippen LogP contribution < -0.4 is 9.47 Å². The van der Waals surface area contributed by atoms with Gasteiger partial charge in [-0.3, -0.25) is 9.80 Å². The first-order chi connectivity index (χ1) is 12.1. The summed E-state index contributed by atoms with van der Waals surface area (Å²) in [4.78, 5) is 4.46. The summed E-state index contributed by atoms with van der Waals surface area (Å²) in [5, 5.41) is 10.2. The van der Waals surface area contributed by atoms with Crippen molar-refractivity contribution in [2.24, 2.45) is 0 Å². The Labute approximate surface area is 155 Å². The molecule has 6 heteroatoms. The predicted octanol–water partition coefficient (Wildman–Crippen LogP) is 2.10. The van der Waals surface area contributed by atoms with E-state index in [4.69, 9.17) is 9.47 Å². The van der Waals surface area contributed by atoms with Gasteiger partial charge in [0.1, 0.15) is 12.7 Å². The number of likely N-dealkylation sites (N-methyl/N-ethyl adjacent to an activating group) is 1. The van der Waals surface area contributed by atoms with Gasteiger partial charge >= 0.3 is 0 Å². The number of β-amino-alcohol motifs (C(OH)–C–C–N with tert-alkyl or cyclic N) is 1. The van der Waals surface area contributed by atoms with Gasteiger partial charge in [-0.2, -0.15) is 11.8 Å². The summed E-state index contributed by atoms with van der Waals surface area (Å²) in [5.41, 5.74) is 1.15. The van der Waals surface area contributed by atoms with Crippen LogP contribution in [0.4, 0.5) is 0 Å². The van der Waals surface area contributed by atoms with E-state index in [2.05, 4.69) is 16.4 Å². The first-order valence-electron chi connectivity index (χ1n) is 8.69. The smallest absolute Gasteiger partial charge is 0.161 e. The van der Waals surface area contributed by atoms with Gasteiger partial charge in [0.05, 0.1) is 7.11 Å². The molecule has 25 heavy (non-hydrogen) atoms. The Bertz CT molecular complexity index is 535. The van der Waals surface area contributed by atoms with Gasteiger partial charge in [0, 0.05) is 44.2 Å². The third-order valence-electron chi connectivity index (χ3n) is 4.13. The summed E-state index contributed by atoms with van der Waals surface area (Å²) in [5.74, 6) is 3.66. The third-order valence-corrected chi connectivity index (χ3v) is 5.07. The SMILES string of the molecule is C=CCN(C)Cc1ccc(OCC(O)CN2CCSCC2)c(OC)c1. The average Bonchev–Trinajstić information content (AvgIpc) is 2.61. The van der Waals surface area contributed by atoms with Crippen molar-refractivity contribution in [3.05, 3.63) is 36.4 Å². The van der Waals surface area contributed by atoms with Crippen LogP contribution in [0.25, 0.3) is 0 Å². The number of methoxy groups -OCH3 is 1. The van der Waals surface area contributed by atoms with Gasteiger partial charge in [0.25, 0.3) is 0 Å². The largest absolute Gasteiger partial charge is 0.493 e. The summed E-state index contributed by atoms with van der Waals surface area (Å²) in [7, 11) is 3.69. The molecule has 5 nitrogen and oxygen atoms in total. The van der Waals surface area contributed by atoms with Gasteiger partial charge < -0.3 is 14.6 Å². The van der Waals surface area contributed by atoms with Crippen molar-refractivity contribution < 1.29 is 14.6 Å². The lowest BCUT2D eigenvalue weighted by Crippen LogP contribution is -2.40. The fourth-order valence-corrected chi connectivity index (χ4v) is 3.83. The van der Waals surface area contributed by atoms with Crippen LogP contribution in [-0.2, 0) is 6.54 Å². The van der Waals surface area contributed by atoms with E-state index in [1.54, 1.807) is 7.11 Å². The number of ether oxygens (including phenoxy) is 2. The van der Waals surface area contributed by atoms with Crippen molar-refractivity contribution in [1.82, 2.24) is 9.80 Å². The molecular weight excluding hydrogens is 336 g/mol. The normalized spacial score (nSPS) is 16.6. The first kappa shape index (κ1) is 20.1. The minimum Gasteiger partial charge on any atom is -0.493 e. The molecule has 1 aromatic rings. The Morgan fingerprint density at radius 1 is 1.36 bits per heavy atom. The Balaban J connectivity index is 1.86. The molecule has 0 saturated carbocycles. The van der Waals surface area contributed by atoms with Gasteiger partial charge in [-0.15, -0.1) is 6.58 Å². The number of hydrogen-bond acceptors (Lipinski definition) is 6. The molecule has 0 radical (unpaired) electrons. The number of rotatable bonds is 10. The van der Waals surface area contributed by atoms with Gasteiger partial charge in [-0.1, -0.05) is 12.1 Å². The van der Waals surface area contributed by atoms with Crippen LogP contribution in [0.1, 0.15) is 5.56 Å². The summed E-state index contributed by atoms with van der Waals surface area (Å²) in [6.45, 7) is 8.42. The fraction of sp³-hybridized carbons (Fsp3) is 0.579. The number of benzene rings is 1. The van der Waals surface area contributed by atoms with Gasteiger partial charge in [0.2, 0.25) is 0 Å². The molecule has 0 bridgehead atoms. The highest BCUT2D eigenvalue weighted by atomic mass is 32.2. The maximum atomic E-state index is 10.2. The first-order valence-corrected chi connectivity index (χ1v) is 9.85. The lowest BCUT2D eigenvalue weighted by Gasteiger charge is -2.28. The second-order valence-corrected chi connectivity index (χ2v) is 7.57. The maximum absolute atomic E-state index is 10.2. The lowest BCUT2D eigenvalue weighted by atomic mass is 10.2. The van der Waals surface area contributed by atoms with Crippen LogP contribution in [0.3, 0.4) is 0 Å². The maximum Gasteiger partial charge on any atom is 0.161 e. The molecule has 140 valence electrons. The number of hydrogen-bond donors (Lipinski definition) is 1. The molecule has 2 rings (SSSR count). The van der Waals surface area contributed by atoms with E-state index in [9.17, 15) is 5.11 Å². The quantitative estimate of drug-likeness (QED) is 0.640. The molecule has 1 saturated heterocycles. The molecule has 1 aliphatic heterocycles. The van der Waals surface area contributed by atoms with Crippen LogP contribution in [0, 0.1) is 0 Å². The highest BCUT2D eigenvalue weighted by molar-refractivity contribution is 7.99. The highest BCUT2D eigenvalue weighted by Crippen LogP contribution is 2.28. The summed E-state index contributed by atoms with van der Waals surface area (Å²) in [6, 6.07) is 5.94. The lowest BCUT2D eigenvalue weighted by molar-refractivity contribution is 0.0705. The van der Waals surface area contributed by atoms with Gasteiger partial charge in [0.15, 0.2) is 11.5 Å². The Morgan fingerprint density at radius 3 is 2.80 bits per heavy atom.